The number of benzene rings is 1. The van der Waals surface area contributed by atoms with E-state index >= 15 is 0 Å². The minimum atomic E-state index is 0.100. The van der Waals surface area contributed by atoms with Crippen molar-refractivity contribution >= 4 is 0 Å². The Kier molecular flexibility index (Phi) is 3.71. The number of nitrogens with two attached hydrogens (primary N) is 1. The summed E-state index contributed by atoms with van der Waals surface area (Å²) < 4.78 is 0. The smallest absolute Gasteiger partial charge is 0.0329 e. The topological polar surface area (TPSA) is 26.0 Å². The van der Waals surface area contributed by atoms with Crippen molar-refractivity contribution < 1.29 is 0 Å². The highest BCUT2D eigenvalue weighted by atomic mass is 14.6. The molecule has 0 unspecified atom stereocenters. The third-order valence-corrected chi connectivity index (χ3v) is 2.24. The molecule has 0 fully saturated rings. The van der Waals surface area contributed by atoms with Crippen molar-refractivity contribution in [3.05, 3.63) is 48.0 Å². The van der Waals surface area contributed by atoms with E-state index in [1.807, 2.05) is 6.08 Å². The minimum absolute atomic E-state index is 0.100. The van der Waals surface area contributed by atoms with Gasteiger partial charge in [0.25, 0.3) is 0 Å². The summed E-state index contributed by atoms with van der Waals surface area (Å²) in [6, 6.07) is 8.58. The van der Waals surface area contributed by atoms with E-state index in [2.05, 4.69) is 37.8 Å². The monoisotopic (exact) mass is 175 g/mol. The SMILES string of the molecule is C=CC[C@@H](N)c1ccc(CC)cc1. The standard InChI is InChI=1S/C12H17N/c1-3-5-12(13)11-8-6-10(4-2)7-9-11/h3,6-9,12H,1,4-5,13H2,2H3/t12-/m1/s1. The molecular formula is C12H17N. The Balaban J connectivity index is 2.73. The largest absolute Gasteiger partial charge is 0.324 e. The number of hydrogen-bond donors (Lipinski definition) is 1. The molecule has 1 atom stereocenters. The van der Waals surface area contributed by atoms with Crippen LogP contribution in [0.2, 0.25) is 0 Å². The second-order valence-corrected chi connectivity index (χ2v) is 3.23. The molecule has 0 aliphatic rings. The van der Waals surface area contributed by atoms with Crippen LogP contribution in [0.25, 0.3) is 0 Å². The van der Waals surface area contributed by atoms with E-state index in [4.69, 9.17) is 5.73 Å². The second kappa shape index (κ2) is 4.83. The maximum atomic E-state index is 5.93. The van der Waals surface area contributed by atoms with Gasteiger partial charge >= 0.3 is 0 Å². The van der Waals surface area contributed by atoms with E-state index in [0.29, 0.717) is 0 Å². The van der Waals surface area contributed by atoms with Gasteiger partial charge in [-0.2, -0.15) is 0 Å². The van der Waals surface area contributed by atoms with E-state index in [1.54, 1.807) is 0 Å². The zero-order valence-electron chi connectivity index (χ0n) is 8.16. The first-order chi connectivity index (χ1) is 6.27. The molecule has 13 heavy (non-hydrogen) atoms. The molecule has 0 radical (unpaired) electrons. The van der Waals surface area contributed by atoms with Crippen molar-refractivity contribution in [3.63, 3.8) is 0 Å². The fourth-order valence-electron chi connectivity index (χ4n) is 1.32. The quantitative estimate of drug-likeness (QED) is 0.700. The molecule has 0 aromatic heterocycles. The molecule has 0 aliphatic carbocycles. The Morgan fingerprint density at radius 1 is 1.38 bits per heavy atom. The molecule has 0 spiro atoms. The van der Waals surface area contributed by atoms with Gasteiger partial charge in [0.15, 0.2) is 0 Å². The summed E-state index contributed by atoms with van der Waals surface area (Å²) in [5, 5.41) is 0. The van der Waals surface area contributed by atoms with Gasteiger partial charge in [0.05, 0.1) is 0 Å². The third kappa shape index (κ3) is 2.71. The molecule has 1 rings (SSSR count). The van der Waals surface area contributed by atoms with Gasteiger partial charge in [-0.05, 0) is 24.0 Å². The van der Waals surface area contributed by atoms with Crippen LogP contribution in [0, 0.1) is 0 Å². The van der Waals surface area contributed by atoms with Gasteiger partial charge in [-0.1, -0.05) is 37.3 Å². The lowest BCUT2D eigenvalue weighted by Gasteiger charge is -2.09. The van der Waals surface area contributed by atoms with Crippen molar-refractivity contribution in [1.82, 2.24) is 0 Å². The van der Waals surface area contributed by atoms with Gasteiger partial charge < -0.3 is 5.73 Å². The van der Waals surface area contributed by atoms with E-state index in [9.17, 15) is 0 Å². The summed E-state index contributed by atoms with van der Waals surface area (Å²) in [6.07, 6.45) is 3.78. The molecule has 1 heteroatoms. The molecule has 0 bridgehead atoms. The summed E-state index contributed by atoms with van der Waals surface area (Å²) in [4.78, 5) is 0. The Morgan fingerprint density at radius 3 is 2.46 bits per heavy atom. The molecular weight excluding hydrogens is 158 g/mol. The molecule has 0 amide bonds. The number of rotatable bonds is 4. The van der Waals surface area contributed by atoms with Crippen molar-refractivity contribution in [2.24, 2.45) is 5.73 Å². The summed E-state index contributed by atoms with van der Waals surface area (Å²) >= 11 is 0. The molecule has 70 valence electrons. The van der Waals surface area contributed by atoms with Crippen LogP contribution in [0.3, 0.4) is 0 Å². The maximum absolute atomic E-state index is 5.93. The highest BCUT2D eigenvalue weighted by molar-refractivity contribution is 5.25. The van der Waals surface area contributed by atoms with E-state index in [1.165, 1.54) is 11.1 Å². The zero-order chi connectivity index (χ0) is 9.68. The average molecular weight is 175 g/mol. The van der Waals surface area contributed by atoms with Crippen molar-refractivity contribution in [2.75, 3.05) is 0 Å². The fraction of sp³-hybridized carbons (Fsp3) is 0.333. The van der Waals surface area contributed by atoms with E-state index in [-0.39, 0.29) is 6.04 Å². The average Bonchev–Trinajstić information content (AvgIpc) is 2.18. The lowest BCUT2D eigenvalue weighted by Crippen LogP contribution is -2.08. The molecule has 1 aromatic carbocycles. The van der Waals surface area contributed by atoms with Crippen LogP contribution in [-0.2, 0) is 6.42 Å². The summed E-state index contributed by atoms with van der Waals surface area (Å²) in [5.41, 5.74) is 8.47. The molecule has 0 aliphatic heterocycles. The highest BCUT2D eigenvalue weighted by Gasteiger charge is 2.02. The van der Waals surface area contributed by atoms with Gasteiger partial charge in [0, 0.05) is 6.04 Å². The molecule has 0 saturated carbocycles. The van der Waals surface area contributed by atoms with Gasteiger partial charge in [-0.25, -0.2) is 0 Å². The predicted molar refractivity (Wildman–Crippen MR) is 57.6 cm³/mol. The van der Waals surface area contributed by atoms with Gasteiger partial charge in [-0.15, -0.1) is 6.58 Å². The first-order valence-corrected chi connectivity index (χ1v) is 4.73. The Morgan fingerprint density at radius 2 is 2.00 bits per heavy atom. The lowest BCUT2D eigenvalue weighted by atomic mass is 10.0. The Labute approximate surface area is 80.3 Å². The van der Waals surface area contributed by atoms with Crippen LogP contribution >= 0.6 is 0 Å². The van der Waals surface area contributed by atoms with Crippen molar-refractivity contribution in [2.45, 2.75) is 25.8 Å². The highest BCUT2D eigenvalue weighted by Crippen LogP contribution is 2.15. The number of aryl methyl sites for hydroxylation is 1. The molecule has 2 N–H and O–H groups in total. The van der Waals surface area contributed by atoms with Crippen LogP contribution in [0.5, 0.6) is 0 Å². The number of hydrogen-bond acceptors (Lipinski definition) is 1. The summed E-state index contributed by atoms with van der Waals surface area (Å²) in [5.74, 6) is 0. The fourth-order valence-corrected chi connectivity index (χ4v) is 1.32. The maximum Gasteiger partial charge on any atom is 0.0329 e. The van der Waals surface area contributed by atoms with Gasteiger partial charge in [0.1, 0.15) is 0 Å². The van der Waals surface area contributed by atoms with Crippen molar-refractivity contribution in [3.8, 4) is 0 Å². The molecule has 0 saturated heterocycles. The van der Waals surface area contributed by atoms with Crippen molar-refractivity contribution in [1.29, 1.82) is 0 Å². The van der Waals surface area contributed by atoms with E-state index < -0.39 is 0 Å². The van der Waals surface area contributed by atoms with Gasteiger partial charge in [-0.3, -0.25) is 0 Å². The first-order valence-electron chi connectivity index (χ1n) is 4.73. The van der Waals surface area contributed by atoms with Crippen LogP contribution in [-0.4, -0.2) is 0 Å². The normalized spacial score (nSPS) is 12.5. The van der Waals surface area contributed by atoms with Crippen LogP contribution in [0.15, 0.2) is 36.9 Å². The Bertz CT molecular complexity index is 261. The van der Waals surface area contributed by atoms with Crippen LogP contribution < -0.4 is 5.73 Å². The van der Waals surface area contributed by atoms with Crippen LogP contribution in [0.4, 0.5) is 0 Å². The summed E-state index contributed by atoms with van der Waals surface area (Å²) in [7, 11) is 0. The second-order valence-electron chi connectivity index (χ2n) is 3.23. The molecule has 1 aromatic rings. The zero-order valence-corrected chi connectivity index (χ0v) is 8.16. The van der Waals surface area contributed by atoms with Crippen LogP contribution in [0.1, 0.15) is 30.5 Å². The molecule has 1 nitrogen and oxygen atoms in total. The first kappa shape index (κ1) is 10.0. The van der Waals surface area contributed by atoms with Gasteiger partial charge in [0.2, 0.25) is 0 Å². The Hall–Kier alpha value is -1.08. The summed E-state index contributed by atoms with van der Waals surface area (Å²) in [6.45, 7) is 5.83. The minimum Gasteiger partial charge on any atom is -0.324 e. The third-order valence-electron chi connectivity index (χ3n) is 2.24. The molecule has 0 heterocycles. The lowest BCUT2D eigenvalue weighted by molar-refractivity contribution is 0.741. The predicted octanol–water partition coefficient (Wildman–Crippen LogP) is 2.82. The van der Waals surface area contributed by atoms with E-state index in [0.717, 1.165) is 12.8 Å².